The van der Waals surface area contributed by atoms with E-state index in [1.54, 1.807) is 35.2 Å². The van der Waals surface area contributed by atoms with Crippen LogP contribution in [0.15, 0.2) is 83.8 Å². The van der Waals surface area contributed by atoms with E-state index in [-0.39, 0.29) is 17.3 Å². The molecule has 7 nitrogen and oxygen atoms in total. The maximum atomic E-state index is 14.1. The lowest BCUT2D eigenvalue weighted by molar-refractivity contribution is -0.139. The van der Waals surface area contributed by atoms with Crippen molar-refractivity contribution in [3.05, 3.63) is 95.6 Å². The van der Waals surface area contributed by atoms with Crippen molar-refractivity contribution in [3.8, 4) is 0 Å². The van der Waals surface area contributed by atoms with E-state index >= 15 is 0 Å². The first kappa shape index (κ1) is 30.9. The first-order chi connectivity index (χ1) is 19.2. The van der Waals surface area contributed by atoms with Gasteiger partial charge in [0.1, 0.15) is 12.6 Å². The largest absolute Gasteiger partial charge is 0.354 e. The van der Waals surface area contributed by atoms with Crippen molar-refractivity contribution in [1.29, 1.82) is 0 Å². The second kappa shape index (κ2) is 14.7. The molecule has 0 bridgehead atoms. The molecule has 3 aromatic carbocycles. The lowest BCUT2D eigenvalue weighted by atomic mass is 10.1. The van der Waals surface area contributed by atoms with Crippen molar-refractivity contribution in [1.82, 2.24) is 10.2 Å². The molecular weight excluding hydrogens is 522 g/mol. The van der Waals surface area contributed by atoms with Gasteiger partial charge < -0.3 is 10.2 Å². The fourth-order valence-corrected chi connectivity index (χ4v) is 6.16. The number of anilines is 1. The van der Waals surface area contributed by atoms with Crippen LogP contribution in [0.5, 0.6) is 0 Å². The summed E-state index contributed by atoms with van der Waals surface area (Å²) in [5, 5.41) is 2.96. The lowest BCUT2D eigenvalue weighted by Crippen LogP contribution is -2.53. The first-order valence-electron chi connectivity index (χ1n) is 13.9. The number of rotatable bonds is 14. The van der Waals surface area contributed by atoms with Crippen molar-refractivity contribution in [2.24, 2.45) is 0 Å². The Morgan fingerprint density at radius 2 is 1.48 bits per heavy atom. The molecule has 0 saturated heterocycles. The van der Waals surface area contributed by atoms with Crippen LogP contribution in [-0.4, -0.2) is 50.8 Å². The van der Waals surface area contributed by atoms with Gasteiger partial charge in [-0.1, -0.05) is 74.9 Å². The van der Waals surface area contributed by atoms with Crippen LogP contribution in [-0.2, 0) is 26.0 Å². The Morgan fingerprint density at radius 3 is 2.05 bits per heavy atom. The van der Waals surface area contributed by atoms with Gasteiger partial charge in [0.15, 0.2) is 0 Å². The van der Waals surface area contributed by atoms with Gasteiger partial charge in [0, 0.05) is 13.1 Å². The summed E-state index contributed by atoms with van der Waals surface area (Å²) in [4.78, 5) is 28.9. The molecule has 0 radical (unpaired) electrons. The number of carbonyl (C=O) groups is 2. The Kier molecular flexibility index (Phi) is 11.3. The zero-order chi connectivity index (χ0) is 29.1. The minimum absolute atomic E-state index is 0.0992. The molecular formula is C32H41N3O4S. The Labute approximate surface area is 239 Å². The fourth-order valence-electron chi connectivity index (χ4n) is 4.75. The van der Waals surface area contributed by atoms with Gasteiger partial charge in [-0.3, -0.25) is 13.9 Å². The van der Waals surface area contributed by atoms with Gasteiger partial charge in [0.2, 0.25) is 11.8 Å². The highest BCUT2D eigenvalue weighted by Gasteiger charge is 2.33. The van der Waals surface area contributed by atoms with Crippen LogP contribution in [0.3, 0.4) is 0 Å². The quantitative estimate of drug-likeness (QED) is 0.271. The molecule has 3 aromatic rings. The molecule has 40 heavy (non-hydrogen) atoms. The van der Waals surface area contributed by atoms with Gasteiger partial charge in [0.25, 0.3) is 10.0 Å². The molecule has 0 aliphatic heterocycles. The first-order valence-corrected chi connectivity index (χ1v) is 15.4. The predicted octanol–water partition coefficient (Wildman–Crippen LogP) is 5.26. The molecule has 3 rings (SSSR count). The zero-order valence-electron chi connectivity index (χ0n) is 24.0. The van der Waals surface area contributed by atoms with Gasteiger partial charge in [-0.2, -0.15) is 0 Å². The SMILES string of the molecule is CCCCNC(=O)[C@@H](CC)N(CCc1ccccc1)C(=O)CN(c1cc(C)cc(C)c1)S(=O)(=O)c1ccccc1. The van der Waals surface area contributed by atoms with Crippen molar-refractivity contribution < 1.29 is 18.0 Å². The highest BCUT2D eigenvalue weighted by molar-refractivity contribution is 7.92. The Morgan fingerprint density at radius 1 is 0.875 bits per heavy atom. The number of aryl methyl sites for hydroxylation is 2. The number of unbranched alkanes of at least 4 members (excludes halogenated alkanes) is 1. The number of nitrogens with one attached hydrogen (secondary N) is 1. The van der Waals surface area contributed by atoms with Crippen molar-refractivity contribution in [2.75, 3.05) is 23.9 Å². The average Bonchev–Trinajstić information content (AvgIpc) is 2.94. The average molecular weight is 564 g/mol. The van der Waals surface area contributed by atoms with Crippen LogP contribution >= 0.6 is 0 Å². The van der Waals surface area contributed by atoms with Gasteiger partial charge in [0.05, 0.1) is 10.6 Å². The summed E-state index contributed by atoms with van der Waals surface area (Å²) in [6.07, 6.45) is 2.74. The van der Waals surface area contributed by atoms with Crippen molar-refractivity contribution in [3.63, 3.8) is 0 Å². The molecule has 0 aromatic heterocycles. The van der Waals surface area contributed by atoms with Gasteiger partial charge >= 0.3 is 0 Å². The van der Waals surface area contributed by atoms with E-state index in [0.29, 0.717) is 25.1 Å². The molecule has 1 N–H and O–H groups in total. The highest BCUT2D eigenvalue weighted by atomic mass is 32.2. The zero-order valence-corrected chi connectivity index (χ0v) is 24.8. The lowest BCUT2D eigenvalue weighted by Gasteiger charge is -2.33. The summed E-state index contributed by atoms with van der Waals surface area (Å²) in [7, 11) is -4.07. The Balaban J connectivity index is 2.00. The Bertz CT molecular complexity index is 1340. The molecule has 0 unspecified atom stereocenters. The van der Waals surface area contributed by atoms with Crippen LogP contribution in [0.4, 0.5) is 5.69 Å². The fraction of sp³-hybridized carbons (Fsp3) is 0.375. The number of hydrogen-bond acceptors (Lipinski definition) is 4. The van der Waals surface area contributed by atoms with Gasteiger partial charge in [-0.15, -0.1) is 0 Å². The molecule has 0 saturated carbocycles. The van der Waals surface area contributed by atoms with E-state index in [4.69, 9.17) is 0 Å². The minimum atomic E-state index is -4.07. The van der Waals surface area contributed by atoms with E-state index in [9.17, 15) is 18.0 Å². The third-order valence-corrected chi connectivity index (χ3v) is 8.59. The monoisotopic (exact) mass is 563 g/mol. The smallest absolute Gasteiger partial charge is 0.264 e. The van der Waals surface area contributed by atoms with Crippen molar-refractivity contribution in [2.45, 2.75) is 64.3 Å². The highest BCUT2D eigenvalue weighted by Crippen LogP contribution is 2.26. The van der Waals surface area contributed by atoms with E-state index < -0.39 is 28.5 Å². The summed E-state index contributed by atoms with van der Waals surface area (Å²) in [6.45, 7) is 8.10. The van der Waals surface area contributed by atoms with E-state index in [1.165, 1.54) is 16.4 Å². The molecule has 0 spiro atoms. The molecule has 0 aliphatic rings. The van der Waals surface area contributed by atoms with Crippen LogP contribution in [0.2, 0.25) is 0 Å². The predicted molar refractivity (Wildman–Crippen MR) is 161 cm³/mol. The van der Waals surface area contributed by atoms with Crippen LogP contribution in [0, 0.1) is 13.8 Å². The molecule has 0 aliphatic carbocycles. The van der Waals surface area contributed by atoms with Gasteiger partial charge in [-0.05, 0) is 74.1 Å². The second-order valence-corrected chi connectivity index (χ2v) is 11.9. The standard InChI is InChI=1S/C32H41N3O4S/c1-5-7-19-33-32(37)30(6-2)34(20-18-27-14-10-8-11-15-27)31(36)24-35(28-22-25(3)21-26(4)23-28)40(38,39)29-16-12-9-13-17-29/h8-17,21-23,30H,5-7,18-20,24H2,1-4H3,(H,33,37)/t30-/m1/s1. The molecule has 8 heteroatoms. The third-order valence-electron chi connectivity index (χ3n) is 6.80. The molecule has 214 valence electrons. The van der Waals surface area contributed by atoms with Crippen LogP contribution in [0.1, 0.15) is 49.8 Å². The number of hydrogen-bond donors (Lipinski definition) is 1. The number of sulfonamides is 1. The third kappa shape index (κ3) is 8.18. The van der Waals surface area contributed by atoms with Gasteiger partial charge in [-0.25, -0.2) is 8.42 Å². The summed E-state index contributed by atoms with van der Waals surface area (Å²) in [5.74, 6) is -0.645. The number of carbonyl (C=O) groups excluding carboxylic acids is 2. The normalized spacial score (nSPS) is 12.0. The number of amides is 2. The van der Waals surface area contributed by atoms with E-state index in [0.717, 1.165) is 29.5 Å². The van der Waals surface area contributed by atoms with E-state index in [1.807, 2.05) is 64.1 Å². The molecule has 0 heterocycles. The van der Waals surface area contributed by atoms with E-state index in [2.05, 4.69) is 5.32 Å². The molecule has 2 amide bonds. The van der Waals surface area contributed by atoms with Crippen molar-refractivity contribution >= 4 is 27.5 Å². The minimum Gasteiger partial charge on any atom is -0.354 e. The number of nitrogens with zero attached hydrogens (tertiary/aromatic N) is 2. The summed E-state index contributed by atoms with van der Waals surface area (Å²) in [6, 6.07) is 22.7. The maximum Gasteiger partial charge on any atom is 0.264 e. The summed E-state index contributed by atoms with van der Waals surface area (Å²) >= 11 is 0. The molecule has 0 fully saturated rings. The topological polar surface area (TPSA) is 86.8 Å². The van der Waals surface area contributed by atoms with Crippen LogP contribution in [0.25, 0.3) is 0 Å². The molecule has 1 atom stereocenters. The summed E-state index contributed by atoms with van der Waals surface area (Å²) in [5.41, 5.74) is 3.22. The maximum absolute atomic E-state index is 14.1. The number of benzene rings is 3. The second-order valence-electron chi connectivity index (χ2n) is 10.1. The van der Waals surface area contributed by atoms with Crippen LogP contribution < -0.4 is 9.62 Å². The summed E-state index contributed by atoms with van der Waals surface area (Å²) < 4.78 is 29.0. The Hall–Kier alpha value is -3.65.